The topological polar surface area (TPSA) is 63.7 Å². The molecule has 0 saturated heterocycles. The van der Waals surface area contributed by atoms with Crippen LogP contribution in [0.3, 0.4) is 0 Å². The third-order valence-corrected chi connectivity index (χ3v) is 2.99. The van der Waals surface area contributed by atoms with E-state index >= 15 is 0 Å². The van der Waals surface area contributed by atoms with E-state index in [0.29, 0.717) is 18.8 Å². The zero-order valence-electron chi connectivity index (χ0n) is 12.0. The van der Waals surface area contributed by atoms with Crippen molar-refractivity contribution in [3.63, 3.8) is 0 Å². The molecule has 20 heavy (non-hydrogen) atoms. The Bertz CT molecular complexity index is 625. The molecule has 0 bridgehead atoms. The highest BCUT2D eigenvalue weighted by molar-refractivity contribution is 5.28. The van der Waals surface area contributed by atoms with E-state index in [2.05, 4.69) is 16.4 Å². The highest BCUT2D eigenvalue weighted by atomic mass is 16.5. The molecule has 2 rings (SSSR count). The molecular weight excluding hydrogens is 252 g/mol. The van der Waals surface area contributed by atoms with E-state index in [9.17, 15) is 0 Å². The third-order valence-electron chi connectivity index (χ3n) is 2.99. The van der Waals surface area contributed by atoms with E-state index in [1.54, 1.807) is 4.68 Å². The number of nitriles is 1. The van der Waals surface area contributed by atoms with Gasteiger partial charge in [0.2, 0.25) is 0 Å². The number of aromatic nitrogens is 3. The number of ether oxygens (including phenoxy) is 1. The predicted octanol–water partition coefficient (Wildman–Crippen LogP) is 2.66. The minimum absolute atomic E-state index is 0.207. The Hall–Kier alpha value is -2.35. The summed E-state index contributed by atoms with van der Waals surface area (Å²) >= 11 is 0. The van der Waals surface area contributed by atoms with Gasteiger partial charge in [-0.2, -0.15) is 5.26 Å². The first-order valence-electron chi connectivity index (χ1n) is 6.64. The van der Waals surface area contributed by atoms with Crippen molar-refractivity contribution in [1.29, 1.82) is 5.26 Å². The molecule has 0 aliphatic carbocycles. The van der Waals surface area contributed by atoms with Crippen LogP contribution in [0, 0.1) is 18.3 Å². The Morgan fingerprint density at radius 2 is 2.20 bits per heavy atom. The van der Waals surface area contributed by atoms with Gasteiger partial charge in [-0.1, -0.05) is 31.2 Å². The van der Waals surface area contributed by atoms with Crippen molar-refractivity contribution >= 4 is 0 Å². The van der Waals surface area contributed by atoms with Crippen molar-refractivity contribution in [1.82, 2.24) is 15.0 Å². The Balaban J connectivity index is 2.01. The average molecular weight is 270 g/mol. The number of benzene rings is 1. The molecule has 104 valence electrons. The Kier molecular flexibility index (Phi) is 4.36. The van der Waals surface area contributed by atoms with Gasteiger partial charge in [-0.25, -0.2) is 4.68 Å². The lowest BCUT2D eigenvalue weighted by atomic mass is 10.1. The van der Waals surface area contributed by atoms with Crippen LogP contribution in [0.4, 0.5) is 0 Å². The van der Waals surface area contributed by atoms with Crippen molar-refractivity contribution in [3.8, 4) is 11.8 Å². The van der Waals surface area contributed by atoms with E-state index in [1.165, 1.54) is 0 Å². The molecule has 5 heteroatoms. The van der Waals surface area contributed by atoms with Crippen molar-refractivity contribution < 1.29 is 4.74 Å². The first kappa shape index (κ1) is 14.1. The number of rotatable bonds is 5. The van der Waals surface area contributed by atoms with Gasteiger partial charge in [0.1, 0.15) is 18.4 Å². The maximum absolute atomic E-state index is 9.02. The van der Waals surface area contributed by atoms with Crippen LogP contribution in [0.2, 0.25) is 0 Å². The lowest BCUT2D eigenvalue weighted by Crippen LogP contribution is -2.13. The molecule has 0 aliphatic heterocycles. The van der Waals surface area contributed by atoms with Crippen LogP contribution in [0.1, 0.15) is 36.7 Å². The highest BCUT2D eigenvalue weighted by Gasteiger charge is 2.15. The van der Waals surface area contributed by atoms with Crippen molar-refractivity contribution in [2.45, 2.75) is 33.2 Å². The molecule has 0 unspecified atom stereocenters. The van der Waals surface area contributed by atoms with E-state index in [0.717, 1.165) is 17.0 Å². The number of hydrogen-bond acceptors (Lipinski definition) is 4. The van der Waals surface area contributed by atoms with E-state index in [-0.39, 0.29) is 5.92 Å². The molecule has 0 amide bonds. The molecule has 2 aromatic rings. The summed E-state index contributed by atoms with van der Waals surface area (Å²) in [6.45, 7) is 7.16. The lowest BCUT2D eigenvalue weighted by Gasteiger charge is -2.10. The zero-order valence-corrected chi connectivity index (χ0v) is 12.0. The molecule has 5 nitrogen and oxygen atoms in total. The normalized spacial score (nSPS) is 10.6. The van der Waals surface area contributed by atoms with Gasteiger partial charge in [0, 0.05) is 0 Å². The largest absolute Gasteiger partial charge is 0.492 e. The van der Waals surface area contributed by atoms with Gasteiger partial charge >= 0.3 is 0 Å². The van der Waals surface area contributed by atoms with Crippen LogP contribution in [-0.4, -0.2) is 21.6 Å². The molecular formula is C15H18N4O. The van der Waals surface area contributed by atoms with Crippen molar-refractivity contribution in [2.75, 3.05) is 6.61 Å². The third kappa shape index (κ3) is 3.15. The maximum Gasteiger partial charge on any atom is 0.186 e. The molecule has 0 spiro atoms. The molecule has 1 aromatic heterocycles. The van der Waals surface area contributed by atoms with E-state index in [4.69, 9.17) is 10.00 Å². The fourth-order valence-corrected chi connectivity index (χ4v) is 2.09. The smallest absolute Gasteiger partial charge is 0.186 e. The average Bonchev–Trinajstić information content (AvgIpc) is 2.82. The van der Waals surface area contributed by atoms with Gasteiger partial charge < -0.3 is 4.74 Å². The second-order valence-corrected chi connectivity index (χ2v) is 4.98. The monoisotopic (exact) mass is 270 g/mol. The molecule has 0 N–H and O–H groups in total. The summed E-state index contributed by atoms with van der Waals surface area (Å²) in [5, 5.41) is 16.9. The molecule has 0 saturated carbocycles. The van der Waals surface area contributed by atoms with Gasteiger partial charge in [-0.05, 0) is 30.5 Å². The van der Waals surface area contributed by atoms with Crippen LogP contribution in [0.5, 0.6) is 5.75 Å². The predicted molar refractivity (Wildman–Crippen MR) is 75.5 cm³/mol. The summed E-state index contributed by atoms with van der Waals surface area (Å²) in [4.78, 5) is 0. The molecule has 0 radical (unpaired) electrons. The second-order valence-electron chi connectivity index (χ2n) is 4.98. The number of aryl methyl sites for hydroxylation is 1. The molecule has 1 aromatic carbocycles. The summed E-state index contributed by atoms with van der Waals surface area (Å²) in [7, 11) is 0. The number of hydrogen-bond donors (Lipinski definition) is 0. The van der Waals surface area contributed by atoms with Crippen molar-refractivity contribution in [3.05, 3.63) is 41.2 Å². The standard InChI is InChI=1S/C15H18N4O/c1-11(2)15-14(10-16)17-18-19(15)7-8-20-13-6-4-5-12(3)9-13/h4-6,9,11H,7-8H2,1-3H3. The Labute approximate surface area is 118 Å². The van der Waals surface area contributed by atoms with Crippen LogP contribution < -0.4 is 4.74 Å². The molecule has 0 fully saturated rings. The molecule has 1 heterocycles. The van der Waals surface area contributed by atoms with E-state index < -0.39 is 0 Å². The fourth-order valence-electron chi connectivity index (χ4n) is 2.09. The fraction of sp³-hybridized carbons (Fsp3) is 0.400. The van der Waals surface area contributed by atoms with Crippen molar-refractivity contribution in [2.24, 2.45) is 0 Å². The summed E-state index contributed by atoms with van der Waals surface area (Å²) < 4.78 is 7.45. The van der Waals surface area contributed by atoms with Crippen LogP contribution in [0.15, 0.2) is 24.3 Å². The van der Waals surface area contributed by atoms with Crippen LogP contribution in [-0.2, 0) is 6.54 Å². The quantitative estimate of drug-likeness (QED) is 0.838. The Morgan fingerprint density at radius 3 is 2.85 bits per heavy atom. The van der Waals surface area contributed by atoms with Gasteiger partial charge in [0.15, 0.2) is 5.69 Å². The SMILES string of the molecule is Cc1cccc(OCCn2nnc(C#N)c2C(C)C)c1. The number of nitrogens with zero attached hydrogens (tertiary/aromatic N) is 4. The van der Waals surface area contributed by atoms with Crippen LogP contribution >= 0.6 is 0 Å². The minimum atomic E-state index is 0.207. The highest BCUT2D eigenvalue weighted by Crippen LogP contribution is 2.17. The van der Waals surface area contributed by atoms with E-state index in [1.807, 2.05) is 45.0 Å². The molecule has 0 atom stereocenters. The van der Waals surface area contributed by atoms with Crippen LogP contribution in [0.25, 0.3) is 0 Å². The lowest BCUT2D eigenvalue weighted by molar-refractivity contribution is 0.286. The summed E-state index contributed by atoms with van der Waals surface area (Å²) in [5.74, 6) is 1.05. The summed E-state index contributed by atoms with van der Waals surface area (Å²) in [5.41, 5.74) is 2.42. The minimum Gasteiger partial charge on any atom is -0.492 e. The first-order chi connectivity index (χ1) is 9.61. The first-order valence-corrected chi connectivity index (χ1v) is 6.64. The van der Waals surface area contributed by atoms with Gasteiger partial charge in [0.25, 0.3) is 0 Å². The van der Waals surface area contributed by atoms with Gasteiger partial charge in [0.05, 0.1) is 12.2 Å². The molecule has 0 aliphatic rings. The maximum atomic E-state index is 9.02. The summed E-state index contributed by atoms with van der Waals surface area (Å²) in [6.07, 6.45) is 0. The van der Waals surface area contributed by atoms with Gasteiger partial charge in [-0.3, -0.25) is 0 Å². The summed E-state index contributed by atoms with van der Waals surface area (Å²) in [6, 6.07) is 9.99. The second kappa shape index (κ2) is 6.20. The zero-order chi connectivity index (χ0) is 14.5. The van der Waals surface area contributed by atoms with Gasteiger partial charge in [-0.15, -0.1) is 5.10 Å². The Morgan fingerprint density at radius 1 is 1.40 bits per heavy atom.